The van der Waals surface area contributed by atoms with Crippen LogP contribution in [-0.2, 0) is 0 Å². The Labute approximate surface area is 126 Å². The lowest BCUT2D eigenvalue weighted by Crippen LogP contribution is -2.32. The first kappa shape index (κ1) is 15.1. The second-order valence-corrected chi connectivity index (χ2v) is 4.58. The maximum Gasteiger partial charge on any atom is 0.319 e. The number of urea groups is 1. The number of carbonyl (C=O) groups is 1. The second kappa shape index (κ2) is 7.50. The maximum atomic E-state index is 12.8. The maximum absolute atomic E-state index is 12.8. The van der Waals surface area contributed by atoms with Crippen molar-refractivity contribution in [3.05, 3.63) is 59.4 Å². The molecule has 6 heteroatoms. The molecule has 0 atom stereocenters. The van der Waals surface area contributed by atoms with Crippen LogP contribution in [0.4, 0.5) is 14.9 Å². The lowest BCUT2D eigenvalue weighted by molar-refractivity contribution is 0.247. The highest BCUT2D eigenvalue weighted by molar-refractivity contribution is 6.32. The smallest absolute Gasteiger partial charge is 0.319 e. The second-order valence-electron chi connectivity index (χ2n) is 4.17. The summed E-state index contributed by atoms with van der Waals surface area (Å²) in [6.45, 7) is 0.528. The van der Waals surface area contributed by atoms with Crippen molar-refractivity contribution in [3.63, 3.8) is 0 Å². The minimum absolute atomic E-state index is 0.198. The van der Waals surface area contributed by atoms with Crippen LogP contribution in [0.1, 0.15) is 0 Å². The first-order valence-corrected chi connectivity index (χ1v) is 6.71. The molecule has 0 fully saturated rings. The number of hydrogen-bond donors (Lipinski definition) is 2. The van der Waals surface area contributed by atoms with Gasteiger partial charge in [0.05, 0.1) is 11.6 Å². The van der Waals surface area contributed by atoms with E-state index in [0.717, 1.165) is 0 Å². The number of hydrogen-bond acceptors (Lipinski definition) is 2. The number of halogens is 2. The van der Waals surface area contributed by atoms with Crippen LogP contribution in [0.2, 0.25) is 5.02 Å². The van der Waals surface area contributed by atoms with Gasteiger partial charge in [-0.25, -0.2) is 9.18 Å². The van der Waals surface area contributed by atoms with Crippen LogP contribution < -0.4 is 15.4 Å². The summed E-state index contributed by atoms with van der Waals surface area (Å²) in [5.74, 6) is -0.0453. The Hall–Kier alpha value is -2.27. The summed E-state index contributed by atoms with van der Waals surface area (Å²) in [4.78, 5) is 11.6. The Morgan fingerprint density at radius 3 is 2.67 bits per heavy atom. The summed E-state index contributed by atoms with van der Waals surface area (Å²) in [6, 6.07) is 12.6. The first-order valence-electron chi connectivity index (χ1n) is 6.33. The molecule has 0 aliphatic rings. The summed E-state index contributed by atoms with van der Waals surface area (Å²) in [5, 5.41) is 5.52. The van der Waals surface area contributed by atoms with Crippen molar-refractivity contribution in [1.29, 1.82) is 0 Å². The van der Waals surface area contributed by atoms with Gasteiger partial charge in [0.1, 0.15) is 18.2 Å². The molecule has 2 aromatic carbocycles. The van der Waals surface area contributed by atoms with E-state index < -0.39 is 5.82 Å². The predicted molar refractivity (Wildman–Crippen MR) is 80.4 cm³/mol. The molecular formula is C15H14ClFN2O2. The van der Waals surface area contributed by atoms with Gasteiger partial charge in [-0.2, -0.15) is 0 Å². The topological polar surface area (TPSA) is 50.4 Å². The fourth-order valence-corrected chi connectivity index (χ4v) is 1.84. The van der Waals surface area contributed by atoms with E-state index in [-0.39, 0.29) is 17.7 Å². The van der Waals surface area contributed by atoms with Crippen molar-refractivity contribution < 1.29 is 13.9 Å². The Kier molecular flexibility index (Phi) is 5.40. The molecule has 0 unspecified atom stereocenters. The molecule has 2 N–H and O–H groups in total. The van der Waals surface area contributed by atoms with Crippen molar-refractivity contribution in [2.45, 2.75) is 0 Å². The van der Waals surface area contributed by atoms with Gasteiger partial charge in [-0.05, 0) is 30.3 Å². The zero-order chi connectivity index (χ0) is 15.1. The lowest BCUT2D eigenvalue weighted by atomic mass is 10.3. The molecule has 2 rings (SSSR count). The molecule has 2 aromatic rings. The predicted octanol–water partition coefficient (Wildman–Crippen LogP) is 3.68. The van der Waals surface area contributed by atoms with Gasteiger partial charge >= 0.3 is 6.03 Å². The van der Waals surface area contributed by atoms with E-state index in [9.17, 15) is 9.18 Å². The minimum Gasteiger partial charge on any atom is -0.490 e. The number of nitrogens with one attached hydrogen (secondary N) is 2. The molecule has 0 saturated heterocycles. The van der Waals surface area contributed by atoms with Crippen LogP contribution in [-0.4, -0.2) is 19.2 Å². The highest BCUT2D eigenvalue weighted by Gasteiger charge is 2.04. The van der Waals surface area contributed by atoms with Crippen molar-refractivity contribution >= 4 is 23.3 Å². The third-order valence-electron chi connectivity index (χ3n) is 2.57. The molecule has 0 saturated carbocycles. The van der Waals surface area contributed by atoms with Crippen molar-refractivity contribution in [2.24, 2.45) is 0 Å². The molecule has 110 valence electrons. The Morgan fingerprint density at radius 2 is 1.95 bits per heavy atom. The fourth-order valence-electron chi connectivity index (χ4n) is 1.61. The number of carbonyl (C=O) groups excluding carboxylic acids is 1. The number of anilines is 1. The monoisotopic (exact) mass is 308 g/mol. The minimum atomic E-state index is -0.423. The van der Waals surface area contributed by atoms with E-state index in [4.69, 9.17) is 16.3 Å². The van der Waals surface area contributed by atoms with Crippen LogP contribution in [0.5, 0.6) is 5.75 Å². The average molecular weight is 309 g/mol. The molecule has 0 spiro atoms. The largest absolute Gasteiger partial charge is 0.490 e. The Morgan fingerprint density at radius 1 is 1.19 bits per heavy atom. The lowest BCUT2D eigenvalue weighted by Gasteiger charge is -2.10. The molecule has 21 heavy (non-hydrogen) atoms. The van der Waals surface area contributed by atoms with E-state index in [1.165, 1.54) is 18.2 Å². The number of benzene rings is 2. The van der Waals surface area contributed by atoms with Gasteiger partial charge in [0.15, 0.2) is 0 Å². The quantitative estimate of drug-likeness (QED) is 0.828. The van der Waals surface area contributed by atoms with Gasteiger partial charge in [0.25, 0.3) is 0 Å². The van der Waals surface area contributed by atoms with Crippen LogP contribution in [0.3, 0.4) is 0 Å². The molecule has 0 heterocycles. The number of rotatable bonds is 5. The fraction of sp³-hybridized carbons (Fsp3) is 0.133. The van der Waals surface area contributed by atoms with Gasteiger partial charge in [0.2, 0.25) is 0 Å². The van der Waals surface area contributed by atoms with E-state index >= 15 is 0 Å². The molecule has 4 nitrogen and oxygen atoms in total. The highest BCUT2D eigenvalue weighted by atomic mass is 35.5. The average Bonchev–Trinajstić information content (AvgIpc) is 2.46. The van der Waals surface area contributed by atoms with Crippen LogP contribution in [0.25, 0.3) is 0 Å². The zero-order valence-corrected chi connectivity index (χ0v) is 11.9. The van der Waals surface area contributed by atoms with Crippen LogP contribution in [0, 0.1) is 5.82 Å². The molecule has 0 aromatic heterocycles. The van der Waals surface area contributed by atoms with Crippen molar-refractivity contribution in [2.75, 3.05) is 18.5 Å². The van der Waals surface area contributed by atoms with Gasteiger partial charge in [-0.1, -0.05) is 29.8 Å². The summed E-state index contributed by atoms with van der Waals surface area (Å²) in [5.41, 5.74) is 0.706. The van der Waals surface area contributed by atoms with E-state index in [1.807, 2.05) is 18.2 Å². The van der Waals surface area contributed by atoms with E-state index in [1.54, 1.807) is 12.1 Å². The van der Waals surface area contributed by atoms with Gasteiger partial charge in [-0.15, -0.1) is 0 Å². The SMILES string of the molecule is O=C(NCCOc1ccc(F)cc1Cl)Nc1ccccc1. The molecule has 0 aliphatic carbocycles. The number of para-hydroxylation sites is 1. The molecular weight excluding hydrogens is 295 g/mol. The molecule has 2 amide bonds. The molecule has 0 aliphatic heterocycles. The highest BCUT2D eigenvalue weighted by Crippen LogP contribution is 2.24. The van der Waals surface area contributed by atoms with Crippen LogP contribution >= 0.6 is 11.6 Å². The van der Waals surface area contributed by atoms with Gasteiger partial charge < -0.3 is 15.4 Å². The van der Waals surface area contributed by atoms with Gasteiger partial charge in [-0.3, -0.25) is 0 Å². The Balaban J connectivity index is 1.71. The van der Waals surface area contributed by atoms with Crippen LogP contribution in [0.15, 0.2) is 48.5 Å². The Bertz CT molecular complexity index is 608. The summed E-state index contributed by atoms with van der Waals surface area (Å²) in [6.07, 6.45) is 0. The summed E-state index contributed by atoms with van der Waals surface area (Å²) < 4.78 is 18.2. The number of amides is 2. The third kappa shape index (κ3) is 4.96. The normalized spacial score (nSPS) is 10.0. The summed E-state index contributed by atoms with van der Waals surface area (Å²) in [7, 11) is 0. The zero-order valence-electron chi connectivity index (χ0n) is 11.1. The standard InChI is InChI=1S/C15H14ClFN2O2/c16-13-10-11(17)6-7-14(13)21-9-8-18-15(20)19-12-4-2-1-3-5-12/h1-7,10H,8-9H2,(H2,18,19,20). The summed E-state index contributed by atoms with van der Waals surface area (Å²) >= 11 is 5.81. The van der Waals surface area contributed by atoms with Gasteiger partial charge in [0, 0.05) is 5.69 Å². The first-order chi connectivity index (χ1) is 10.1. The van der Waals surface area contributed by atoms with E-state index in [2.05, 4.69) is 10.6 Å². The molecule has 0 radical (unpaired) electrons. The van der Waals surface area contributed by atoms with Crippen molar-refractivity contribution in [1.82, 2.24) is 5.32 Å². The van der Waals surface area contributed by atoms with Crippen molar-refractivity contribution in [3.8, 4) is 5.75 Å². The molecule has 0 bridgehead atoms. The van der Waals surface area contributed by atoms with E-state index in [0.29, 0.717) is 18.0 Å². The number of ether oxygens (including phenoxy) is 1. The third-order valence-corrected chi connectivity index (χ3v) is 2.87.